The highest BCUT2D eigenvalue weighted by atomic mass is 32.2. The van der Waals surface area contributed by atoms with Crippen LogP contribution in [-0.4, -0.2) is 35.3 Å². The first-order chi connectivity index (χ1) is 11.5. The molecule has 1 aromatic carbocycles. The molecule has 1 atom stereocenters. The van der Waals surface area contributed by atoms with Crippen LogP contribution in [0, 0.1) is 0 Å². The third kappa shape index (κ3) is 4.64. The summed E-state index contributed by atoms with van der Waals surface area (Å²) >= 11 is 1.52. The van der Waals surface area contributed by atoms with Crippen LogP contribution < -0.4 is 5.32 Å². The van der Waals surface area contributed by atoms with Crippen molar-refractivity contribution in [1.82, 2.24) is 10.2 Å². The molecule has 1 aromatic heterocycles. The minimum Gasteiger partial charge on any atom is -0.467 e. The molecule has 2 aromatic rings. The second-order valence-electron chi connectivity index (χ2n) is 5.43. The number of thioether (sulfide) groups is 1. The topological polar surface area (TPSA) is 62.6 Å². The second-order valence-corrected chi connectivity index (χ2v) is 6.61. The lowest BCUT2D eigenvalue weighted by Crippen LogP contribution is -2.35. The van der Waals surface area contributed by atoms with Crippen molar-refractivity contribution in [2.45, 2.75) is 25.3 Å². The van der Waals surface area contributed by atoms with Crippen LogP contribution in [0.2, 0.25) is 0 Å². The summed E-state index contributed by atoms with van der Waals surface area (Å²) in [5, 5.41) is 2.47. The van der Waals surface area contributed by atoms with Gasteiger partial charge in [-0.3, -0.25) is 9.59 Å². The van der Waals surface area contributed by atoms with Gasteiger partial charge >= 0.3 is 0 Å². The summed E-state index contributed by atoms with van der Waals surface area (Å²) in [6.45, 7) is 2.79. The number of rotatable bonds is 7. The van der Waals surface area contributed by atoms with E-state index in [1.54, 1.807) is 30.3 Å². The van der Waals surface area contributed by atoms with Crippen molar-refractivity contribution < 1.29 is 14.0 Å². The standard InChI is InChI=1S/C18H22N2O3S/c1-13(24-3)18(22)20(12-16-5-4-10-23-16)11-14-6-8-15(9-7-14)17(21)19-2/h4-10,13H,11-12H2,1-3H3,(H,19,21)/t13-/m1/s1. The Hall–Kier alpha value is -2.21. The van der Waals surface area contributed by atoms with Crippen LogP contribution >= 0.6 is 11.8 Å². The van der Waals surface area contributed by atoms with Crippen LogP contribution in [-0.2, 0) is 17.9 Å². The average molecular weight is 346 g/mol. The summed E-state index contributed by atoms with van der Waals surface area (Å²) in [5.74, 6) is 0.689. The first-order valence-electron chi connectivity index (χ1n) is 7.70. The van der Waals surface area contributed by atoms with Gasteiger partial charge in [0.15, 0.2) is 0 Å². The number of hydrogen-bond donors (Lipinski definition) is 1. The fourth-order valence-corrected chi connectivity index (χ4v) is 2.64. The number of carbonyl (C=O) groups is 2. The van der Waals surface area contributed by atoms with Crippen molar-refractivity contribution in [3.8, 4) is 0 Å². The normalized spacial score (nSPS) is 11.8. The number of nitrogens with one attached hydrogen (secondary N) is 1. The van der Waals surface area contributed by atoms with E-state index in [2.05, 4.69) is 5.32 Å². The van der Waals surface area contributed by atoms with Gasteiger partial charge in [0.1, 0.15) is 5.76 Å². The largest absolute Gasteiger partial charge is 0.467 e. The molecule has 0 aliphatic carbocycles. The Morgan fingerprint density at radius 2 is 1.92 bits per heavy atom. The fraction of sp³-hybridized carbons (Fsp3) is 0.333. The van der Waals surface area contributed by atoms with Gasteiger partial charge in [-0.2, -0.15) is 11.8 Å². The number of nitrogens with zero attached hydrogens (tertiary/aromatic N) is 1. The lowest BCUT2D eigenvalue weighted by Gasteiger charge is -2.24. The van der Waals surface area contributed by atoms with Gasteiger partial charge < -0.3 is 14.6 Å². The van der Waals surface area contributed by atoms with Crippen LogP contribution in [0.5, 0.6) is 0 Å². The molecule has 0 aliphatic rings. The SMILES string of the molecule is CNC(=O)c1ccc(CN(Cc2ccco2)C(=O)[C@@H](C)SC)cc1. The molecule has 0 radical (unpaired) electrons. The summed E-state index contributed by atoms with van der Waals surface area (Å²) in [6.07, 6.45) is 3.53. The third-order valence-corrected chi connectivity index (χ3v) is 4.67. The molecule has 0 saturated carbocycles. The van der Waals surface area contributed by atoms with E-state index in [-0.39, 0.29) is 17.1 Å². The Morgan fingerprint density at radius 3 is 2.46 bits per heavy atom. The molecule has 0 bridgehead atoms. The van der Waals surface area contributed by atoms with Gasteiger partial charge in [0.25, 0.3) is 5.91 Å². The van der Waals surface area contributed by atoms with E-state index in [1.165, 1.54) is 11.8 Å². The van der Waals surface area contributed by atoms with Crippen LogP contribution in [0.4, 0.5) is 0 Å². The summed E-state index contributed by atoms with van der Waals surface area (Å²) < 4.78 is 5.38. The molecule has 5 nitrogen and oxygen atoms in total. The molecule has 2 rings (SSSR count). The molecule has 1 heterocycles. The summed E-state index contributed by atoms with van der Waals surface area (Å²) in [6, 6.07) is 10.9. The van der Waals surface area contributed by atoms with Crippen molar-refractivity contribution in [2.75, 3.05) is 13.3 Å². The Kier molecular flexibility index (Phi) is 6.49. The smallest absolute Gasteiger partial charge is 0.251 e. The van der Waals surface area contributed by atoms with Gasteiger partial charge in [-0.25, -0.2) is 0 Å². The van der Waals surface area contributed by atoms with Crippen LogP contribution in [0.15, 0.2) is 47.1 Å². The number of amides is 2. The molecular weight excluding hydrogens is 324 g/mol. The van der Waals surface area contributed by atoms with E-state index in [1.807, 2.05) is 37.4 Å². The van der Waals surface area contributed by atoms with Crippen LogP contribution in [0.25, 0.3) is 0 Å². The first kappa shape index (κ1) is 18.1. The monoisotopic (exact) mass is 346 g/mol. The molecule has 128 valence electrons. The summed E-state index contributed by atoms with van der Waals surface area (Å²) in [4.78, 5) is 26.0. The maximum absolute atomic E-state index is 12.6. The van der Waals surface area contributed by atoms with Gasteiger partial charge in [-0.1, -0.05) is 12.1 Å². The molecule has 0 aliphatic heterocycles. The van der Waals surface area contributed by atoms with Gasteiger partial charge in [0, 0.05) is 19.2 Å². The zero-order chi connectivity index (χ0) is 17.5. The molecular formula is C18H22N2O3S. The predicted molar refractivity (Wildman–Crippen MR) is 95.8 cm³/mol. The van der Waals surface area contributed by atoms with Crippen molar-refractivity contribution in [1.29, 1.82) is 0 Å². The van der Waals surface area contributed by atoms with Gasteiger partial charge in [-0.05, 0) is 43.0 Å². The van der Waals surface area contributed by atoms with Gasteiger partial charge in [0.2, 0.25) is 5.91 Å². The third-order valence-electron chi connectivity index (χ3n) is 3.76. The van der Waals surface area contributed by atoms with E-state index in [4.69, 9.17) is 4.42 Å². The lowest BCUT2D eigenvalue weighted by molar-refractivity contribution is -0.131. The highest BCUT2D eigenvalue weighted by Crippen LogP contribution is 2.17. The van der Waals surface area contributed by atoms with E-state index in [0.29, 0.717) is 18.7 Å². The lowest BCUT2D eigenvalue weighted by atomic mass is 10.1. The van der Waals surface area contributed by atoms with E-state index >= 15 is 0 Å². The molecule has 2 amide bonds. The van der Waals surface area contributed by atoms with E-state index in [9.17, 15) is 9.59 Å². The van der Waals surface area contributed by atoms with Crippen molar-refractivity contribution >= 4 is 23.6 Å². The Balaban J connectivity index is 2.14. The molecule has 0 fully saturated rings. The zero-order valence-corrected chi connectivity index (χ0v) is 14.9. The second kappa shape index (κ2) is 8.59. The molecule has 24 heavy (non-hydrogen) atoms. The molecule has 1 N–H and O–H groups in total. The minimum absolute atomic E-state index is 0.0641. The number of furan rings is 1. The molecule has 0 spiro atoms. The molecule has 0 saturated heterocycles. The first-order valence-corrected chi connectivity index (χ1v) is 8.99. The molecule has 0 unspecified atom stereocenters. The Bertz CT molecular complexity index is 668. The highest BCUT2D eigenvalue weighted by Gasteiger charge is 2.21. The quantitative estimate of drug-likeness (QED) is 0.837. The molecule has 6 heteroatoms. The summed E-state index contributed by atoms with van der Waals surface area (Å²) in [7, 11) is 1.60. The van der Waals surface area contributed by atoms with Gasteiger partial charge in [0.05, 0.1) is 18.1 Å². The fourth-order valence-electron chi connectivity index (χ4n) is 2.29. The predicted octanol–water partition coefficient (Wildman–Crippen LogP) is 2.92. The van der Waals surface area contributed by atoms with Crippen LogP contribution in [0.3, 0.4) is 0 Å². The Morgan fingerprint density at radius 1 is 1.21 bits per heavy atom. The van der Waals surface area contributed by atoms with Crippen molar-refractivity contribution in [2.24, 2.45) is 0 Å². The van der Waals surface area contributed by atoms with Crippen molar-refractivity contribution in [3.63, 3.8) is 0 Å². The maximum Gasteiger partial charge on any atom is 0.251 e. The number of hydrogen-bond acceptors (Lipinski definition) is 4. The maximum atomic E-state index is 12.6. The van der Waals surface area contributed by atoms with Crippen molar-refractivity contribution in [3.05, 3.63) is 59.5 Å². The number of benzene rings is 1. The highest BCUT2D eigenvalue weighted by molar-refractivity contribution is 7.99. The van der Waals surface area contributed by atoms with Crippen LogP contribution in [0.1, 0.15) is 28.6 Å². The number of carbonyl (C=O) groups excluding carboxylic acids is 2. The minimum atomic E-state index is -0.124. The van der Waals surface area contributed by atoms with Gasteiger partial charge in [-0.15, -0.1) is 0 Å². The Labute approximate surface area is 146 Å². The summed E-state index contributed by atoms with van der Waals surface area (Å²) in [5.41, 5.74) is 1.57. The average Bonchev–Trinajstić information content (AvgIpc) is 3.12. The van der Waals surface area contributed by atoms with E-state index in [0.717, 1.165) is 11.3 Å². The van der Waals surface area contributed by atoms with E-state index < -0.39 is 0 Å². The zero-order valence-electron chi connectivity index (χ0n) is 14.1.